The van der Waals surface area contributed by atoms with Gasteiger partial charge >= 0.3 is 5.97 Å². The zero-order valence-electron chi connectivity index (χ0n) is 13.1. The summed E-state index contributed by atoms with van der Waals surface area (Å²) in [6.07, 6.45) is 5.72. The van der Waals surface area contributed by atoms with Gasteiger partial charge in [-0.15, -0.1) is 11.3 Å². The molecule has 0 saturated carbocycles. The Balaban J connectivity index is 1.98. The molecule has 0 aromatic carbocycles. The van der Waals surface area contributed by atoms with Crippen LogP contribution >= 0.6 is 23.1 Å². The summed E-state index contributed by atoms with van der Waals surface area (Å²) in [5.41, 5.74) is 2.70. The number of esters is 1. The van der Waals surface area contributed by atoms with Crippen molar-refractivity contribution in [3.63, 3.8) is 0 Å². The van der Waals surface area contributed by atoms with E-state index in [2.05, 4.69) is 9.97 Å². The number of nitrogens with zero attached hydrogens (tertiary/aromatic N) is 2. The highest BCUT2D eigenvalue weighted by Crippen LogP contribution is 2.38. The molecular formula is C16H18N2O2S2. The Hall–Kier alpha value is -1.40. The number of thioether (sulfide) groups is 1. The maximum Gasteiger partial charge on any atom is 0.348 e. The Morgan fingerprint density at radius 2 is 2.14 bits per heavy atom. The molecule has 0 amide bonds. The Morgan fingerprint density at radius 1 is 1.36 bits per heavy atom. The summed E-state index contributed by atoms with van der Waals surface area (Å²) in [5, 5.41) is 0.761. The molecule has 0 unspecified atom stereocenters. The maximum absolute atomic E-state index is 12.3. The van der Waals surface area contributed by atoms with Crippen LogP contribution in [0.25, 0.3) is 11.3 Å². The van der Waals surface area contributed by atoms with Crippen molar-refractivity contribution in [2.45, 2.75) is 44.4 Å². The predicted molar refractivity (Wildman–Crippen MR) is 89.7 cm³/mol. The monoisotopic (exact) mass is 334 g/mol. The first kappa shape index (κ1) is 15.5. The molecule has 0 spiro atoms. The molecule has 1 aliphatic rings. The molecule has 0 aliphatic heterocycles. The molecule has 6 heteroatoms. The van der Waals surface area contributed by atoms with E-state index in [0.717, 1.165) is 34.8 Å². The topological polar surface area (TPSA) is 52.1 Å². The number of aromatic nitrogens is 2. The fourth-order valence-electron chi connectivity index (χ4n) is 2.40. The summed E-state index contributed by atoms with van der Waals surface area (Å²) in [6, 6.07) is 1.92. The van der Waals surface area contributed by atoms with E-state index < -0.39 is 5.60 Å². The van der Waals surface area contributed by atoms with Crippen LogP contribution in [0.3, 0.4) is 0 Å². The van der Waals surface area contributed by atoms with Gasteiger partial charge < -0.3 is 4.74 Å². The first-order valence-electron chi connectivity index (χ1n) is 7.14. The average molecular weight is 334 g/mol. The minimum atomic E-state index is -0.478. The van der Waals surface area contributed by atoms with Crippen LogP contribution in [0.5, 0.6) is 0 Å². The van der Waals surface area contributed by atoms with Crippen molar-refractivity contribution in [1.29, 1.82) is 0 Å². The lowest BCUT2D eigenvalue weighted by Crippen LogP contribution is -2.23. The molecule has 116 valence electrons. The van der Waals surface area contributed by atoms with Crippen molar-refractivity contribution in [2.75, 3.05) is 6.26 Å². The standard InChI is InChI=1S/C16H18N2O2S2/c1-16(2,3)20-14(19)12-7-10-11(22-12)6-5-9-8-17-15(21-4)18-13(9)10/h7-8H,5-6H2,1-4H3. The predicted octanol–water partition coefficient (Wildman–Crippen LogP) is 3.98. The van der Waals surface area contributed by atoms with Gasteiger partial charge in [0.25, 0.3) is 0 Å². The SMILES string of the molecule is CSc1ncc2c(n1)-c1cc(C(=O)OC(C)(C)C)sc1CC2. The van der Waals surface area contributed by atoms with E-state index in [1.165, 1.54) is 28.0 Å². The molecule has 2 aromatic rings. The summed E-state index contributed by atoms with van der Waals surface area (Å²) in [5.74, 6) is -0.257. The van der Waals surface area contributed by atoms with Crippen LogP contribution in [0.1, 0.15) is 40.9 Å². The van der Waals surface area contributed by atoms with Crippen LogP contribution in [0.15, 0.2) is 17.4 Å². The van der Waals surface area contributed by atoms with Gasteiger partial charge in [-0.3, -0.25) is 0 Å². The molecule has 0 bridgehead atoms. The van der Waals surface area contributed by atoms with Crippen molar-refractivity contribution in [1.82, 2.24) is 9.97 Å². The van der Waals surface area contributed by atoms with Crippen molar-refractivity contribution in [3.05, 3.63) is 27.6 Å². The lowest BCUT2D eigenvalue weighted by molar-refractivity contribution is 0.00752. The van der Waals surface area contributed by atoms with Gasteiger partial charge in [0, 0.05) is 16.6 Å². The zero-order valence-corrected chi connectivity index (χ0v) is 14.7. The highest BCUT2D eigenvalue weighted by atomic mass is 32.2. The Bertz CT molecular complexity index is 732. The van der Waals surface area contributed by atoms with Crippen molar-refractivity contribution in [3.8, 4) is 11.3 Å². The largest absolute Gasteiger partial charge is 0.456 e. The number of aryl methyl sites for hydroxylation is 2. The quantitative estimate of drug-likeness (QED) is 0.472. The normalized spacial score (nSPS) is 13.5. The number of thiophene rings is 1. The number of rotatable bonds is 2. The third kappa shape index (κ3) is 3.03. The third-order valence-corrected chi connectivity index (χ3v) is 5.05. The van der Waals surface area contributed by atoms with Gasteiger partial charge in [-0.2, -0.15) is 0 Å². The first-order valence-corrected chi connectivity index (χ1v) is 9.18. The van der Waals surface area contributed by atoms with E-state index in [0.29, 0.717) is 4.88 Å². The smallest absolute Gasteiger partial charge is 0.348 e. The fourth-order valence-corrected chi connectivity index (χ4v) is 3.77. The molecule has 0 atom stereocenters. The van der Waals surface area contributed by atoms with E-state index in [4.69, 9.17) is 4.74 Å². The first-order chi connectivity index (χ1) is 10.4. The van der Waals surface area contributed by atoms with Crippen molar-refractivity contribution < 1.29 is 9.53 Å². The molecule has 2 heterocycles. The minimum Gasteiger partial charge on any atom is -0.456 e. The van der Waals surface area contributed by atoms with Crippen LogP contribution in [-0.2, 0) is 17.6 Å². The second kappa shape index (κ2) is 5.66. The lowest BCUT2D eigenvalue weighted by Gasteiger charge is -2.18. The zero-order chi connectivity index (χ0) is 15.9. The number of hydrogen-bond donors (Lipinski definition) is 0. The number of hydrogen-bond acceptors (Lipinski definition) is 6. The van der Waals surface area contributed by atoms with E-state index in [-0.39, 0.29) is 5.97 Å². The Morgan fingerprint density at radius 3 is 2.82 bits per heavy atom. The number of ether oxygens (including phenoxy) is 1. The highest BCUT2D eigenvalue weighted by molar-refractivity contribution is 7.98. The van der Waals surface area contributed by atoms with Crippen molar-refractivity contribution in [2.24, 2.45) is 0 Å². The summed E-state index contributed by atoms with van der Waals surface area (Å²) in [7, 11) is 0. The highest BCUT2D eigenvalue weighted by Gasteiger charge is 2.26. The molecule has 0 N–H and O–H groups in total. The van der Waals surface area contributed by atoms with E-state index in [9.17, 15) is 4.79 Å². The summed E-state index contributed by atoms with van der Waals surface area (Å²) < 4.78 is 5.47. The van der Waals surface area contributed by atoms with Crippen LogP contribution < -0.4 is 0 Å². The molecule has 2 aromatic heterocycles. The fraction of sp³-hybridized carbons (Fsp3) is 0.438. The Labute approximate surface area is 138 Å². The molecule has 0 radical (unpaired) electrons. The molecular weight excluding hydrogens is 316 g/mol. The number of carbonyl (C=O) groups excluding carboxylic acids is 1. The second-order valence-electron chi connectivity index (χ2n) is 6.18. The van der Waals surface area contributed by atoms with Crippen LogP contribution in [0.4, 0.5) is 0 Å². The van der Waals surface area contributed by atoms with Gasteiger partial charge in [0.2, 0.25) is 0 Å². The molecule has 0 fully saturated rings. The van der Waals surface area contributed by atoms with Crippen LogP contribution in [0, 0.1) is 0 Å². The van der Waals surface area contributed by atoms with E-state index >= 15 is 0 Å². The van der Waals surface area contributed by atoms with Crippen molar-refractivity contribution >= 4 is 29.1 Å². The van der Waals surface area contributed by atoms with Gasteiger partial charge in [0.15, 0.2) is 5.16 Å². The van der Waals surface area contributed by atoms with Gasteiger partial charge in [0.1, 0.15) is 10.5 Å². The van der Waals surface area contributed by atoms with Crippen LogP contribution in [-0.4, -0.2) is 27.8 Å². The van der Waals surface area contributed by atoms with E-state index in [1.54, 1.807) is 0 Å². The number of fused-ring (bicyclic) bond motifs is 3. The average Bonchev–Trinajstić information content (AvgIpc) is 2.89. The minimum absolute atomic E-state index is 0.257. The summed E-state index contributed by atoms with van der Waals surface area (Å²) >= 11 is 3.05. The molecule has 22 heavy (non-hydrogen) atoms. The molecule has 0 saturated heterocycles. The van der Waals surface area contributed by atoms with Gasteiger partial charge in [-0.1, -0.05) is 11.8 Å². The third-order valence-electron chi connectivity index (χ3n) is 3.31. The van der Waals surface area contributed by atoms with Gasteiger partial charge in [0.05, 0.1) is 5.69 Å². The molecule has 4 nitrogen and oxygen atoms in total. The summed E-state index contributed by atoms with van der Waals surface area (Å²) in [6.45, 7) is 5.64. The summed E-state index contributed by atoms with van der Waals surface area (Å²) in [4.78, 5) is 23.1. The molecule has 3 rings (SSSR count). The molecule has 1 aliphatic carbocycles. The second-order valence-corrected chi connectivity index (χ2v) is 8.09. The lowest BCUT2D eigenvalue weighted by atomic mass is 9.96. The van der Waals surface area contributed by atoms with E-state index in [1.807, 2.05) is 39.3 Å². The number of carbonyl (C=O) groups is 1. The maximum atomic E-state index is 12.3. The van der Waals surface area contributed by atoms with Gasteiger partial charge in [-0.25, -0.2) is 14.8 Å². The Kier molecular flexibility index (Phi) is 3.99. The van der Waals surface area contributed by atoms with Gasteiger partial charge in [-0.05, 0) is 51.5 Å². The van der Waals surface area contributed by atoms with Crippen LogP contribution in [0.2, 0.25) is 0 Å².